The van der Waals surface area contributed by atoms with Gasteiger partial charge in [-0.25, -0.2) is 14.6 Å². The van der Waals surface area contributed by atoms with Crippen LogP contribution in [0.5, 0.6) is 0 Å². The number of carbonyl (C=O) groups excluding carboxylic acids is 1. The van der Waals surface area contributed by atoms with Gasteiger partial charge in [0.05, 0.1) is 28.5 Å². The second-order valence-electron chi connectivity index (χ2n) is 5.91. The summed E-state index contributed by atoms with van der Waals surface area (Å²) in [5.41, 5.74) is 3.25. The van der Waals surface area contributed by atoms with Crippen molar-refractivity contribution in [1.82, 2.24) is 19.7 Å². The molecule has 4 aromatic rings. The lowest BCUT2D eigenvalue weighted by atomic mass is 10.1. The Morgan fingerprint density at radius 1 is 1.19 bits per heavy atom. The third kappa shape index (κ3) is 3.27. The van der Waals surface area contributed by atoms with Crippen molar-refractivity contribution < 1.29 is 4.79 Å². The second-order valence-corrected chi connectivity index (χ2v) is 6.27. The summed E-state index contributed by atoms with van der Waals surface area (Å²) in [6.45, 7) is 2.64. The zero-order valence-electron chi connectivity index (χ0n) is 14.6. The van der Waals surface area contributed by atoms with Gasteiger partial charge in [0.15, 0.2) is 10.8 Å². The number of aromatic nitrogens is 4. The average Bonchev–Trinajstić information content (AvgIpc) is 3.12. The standard InChI is InChI=1S/C20H16ClN5O/c1-2-26-19-15(12-23-26)14(11-17(24-19)13-7-4-3-5-8-13)20(27)25-16-9-6-10-22-18(16)21/h3-12H,2H2,1H3,(H,25,27). The summed E-state index contributed by atoms with van der Waals surface area (Å²) >= 11 is 6.07. The first-order valence-corrected chi connectivity index (χ1v) is 8.89. The molecule has 134 valence electrons. The monoisotopic (exact) mass is 377 g/mol. The lowest BCUT2D eigenvalue weighted by Gasteiger charge is -2.10. The van der Waals surface area contributed by atoms with Crippen molar-refractivity contribution >= 4 is 34.2 Å². The molecule has 1 aromatic carbocycles. The molecule has 3 aromatic heterocycles. The van der Waals surface area contributed by atoms with Gasteiger partial charge < -0.3 is 5.32 Å². The Bertz CT molecular complexity index is 1120. The maximum atomic E-state index is 13.0. The van der Waals surface area contributed by atoms with Crippen molar-refractivity contribution in [2.45, 2.75) is 13.5 Å². The van der Waals surface area contributed by atoms with Crippen LogP contribution in [-0.2, 0) is 6.54 Å². The number of anilines is 1. The number of fused-ring (bicyclic) bond motifs is 1. The van der Waals surface area contributed by atoms with Crippen molar-refractivity contribution in [3.8, 4) is 11.3 Å². The van der Waals surface area contributed by atoms with Gasteiger partial charge >= 0.3 is 0 Å². The van der Waals surface area contributed by atoms with Crippen LogP contribution in [0.15, 0.2) is 60.9 Å². The van der Waals surface area contributed by atoms with E-state index in [0.717, 1.165) is 5.56 Å². The summed E-state index contributed by atoms with van der Waals surface area (Å²) in [7, 11) is 0. The third-order valence-corrected chi connectivity index (χ3v) is 4.53. The minimum absolute atomic E-state index is 0.240. The molecule has 6 nitrogen and oxygen atoms in total. The maximum absolute atomic E-state index is 13.0. The summed E-state index contributed by atoms with van der Waals surface area (Å²) in [5, 5.41) is 8.11. The number of halogens is 1. The number of amides is 1. The highest BCUT2D eigenvalue weighted by Crippen LogP contribution is 2.26. The summed E-state index contributed by atoms with van der Waals surface area (Å²) in [4.78, 5) is 21.7. The number of pyridine rings is 2. The minimum Gasteiger partial charge on any atom is -0.319 e. The van der Waals surface area contributed by atoms with Gasteiger partial charge in [-0.2, -0.15) is 5.10 Å². The summed E-state index contributed by atoms with van der Waals surface area (Å²) < 4.78 is 1.77. The first kappa shape index (κ1) is 17.2. The van der Waals surface area contributed by atoms with Crippen molar-refractivity contribution in [3.05, 3.63) is 71.6 Å². The van der Waals surface area contributed by atoms with E-state index in [1.54, 1.807) is 35.3 Å². The predicted octanol–water partition coefficient (Wildman–Crippen LogP) is 4.42. The lowest BCUT2D eigenvalue weighted by Crippen LogP contribution is -2.13. The topological polar surface area (TPSA) is 72.7 Å². The number of carbonyl (C=O) groups is 1. The molecule has 0 atom stereocenters. The van der Waals surface area contributed by atoms with Crippen LogP contribution in [0.1, 0.15) is 17.3 Å². The Hall–Kier alpha value is -3.25. The molecule has 27 heavy (non-hydrogen) atoms. The van der Waals surface area contributed by atoms with Crippen molar-refractivity contribution in [2.75, 3.05) is 5.32 Å². The van der Waals surface area contributed by atoms with Gasteiger partial charge in [0.2, 0.25) is 0 Å². The Balaban J connectivity index is 1.84. The van der Waals surface area contributed by atoms with Gasteiger partial charge in [-0.3, -0.25) is 4.79 Å². The zero-order valence-corrected chi connectivity index (χ0v) is 15.3. The van der Waals surface area contributed by atoms with Crippen LogP contribution in [-0.4, -0.2) is 25.7 Å². The fourth-order valence-corrected chi connectivity index (χ4v) is 3.06. The summed E-state index contributed by atoms with van der Waals surface area (Å²) in [6, 6.07) is 14.9. The van der Waals surface area contributed by atoms with E-state index in [0.29, 0.717) is 34.5 Å². The molecule has 0 aliphatic heterocycles. The Morgan fingerprint density at radius 3 is 2.74 bits per heavy atom. The molecule has 4 rings (SSSR count). The average molecular weight is 378 g/mol. The van der Waals surface area contributed by atoms with E-state index in [9.17, 15) is 4.79 Å². The van der Waals surface area contributed by atoms with Crippen LogP contribution in [0, 0.1) is 0 Å². The predicted molar refractivity (Wildman–Crippen MR) is 106 cm³/mol. The fraction of sp³-hybridized carbons (Fsp3) is 0.100. The Morgan fingerprint density at radius 2 is 2.00 bits per heavy atom. The molecule has 0 radical (unpaired) electrons. The van der Waals surface area contributed by atoms with E-state index in [1.165, 1.54) is 0 Å². The van der Waals surface area contributed by atoms with Crippen LogP contribution in [0.3, 0.4) is 0 Å². The highest BCUT2D eigenvalue weighted by atomic mass is 35.5. The quantitative estimate of drug-likeness (QED) is 0.534. The van der Waals surface area contributed by atoms with Gasteiger partial charge in [0, 0.05) is 18.3 Å². The minimum atomic E-state index is -0.287. The van der Waals surface area contributed by atoms with E-state index in [2.05, 4.69) is 15.4 Å². The number of hydrogen-bond donors (Lipinski definition) is 1. The normalized spacial score (nSPS) is 10.9. The van der Waals surface area contributed by atoms with Crippen LogP contribution in [0.2, 0.25) is 5.15 Å². The molecular formula is C20H16ClN5O. The molecule has 7 heteroatoms. The zero-order chi connectivity index (χ0) is 18.8. The fourth-order valence-electron chi connectivity index (χ4n) is 2.89. The molecule has 0 saturated carbocycles. The van der Waals surface area contributed by atoms with Crippen molar-refractivity contribution in [2.24, 2.45) is 0 Å². The number of nitrogens with zero attached hydrogens (tertiary/aromatic N) is 4. The van der Waals surface area contributed by atoms with Crippen molar-refractivity contribution in [3.63, 3.8) is 0 Å². The molecule has 1 N–H and O–H groups in total. The molecule has 0 spiro atoms. The highest BCUT2D eigenvalue weighted by Gasteiger charge is 2.18. The molecule has 0 aliphatic carbocycles. The number of hydrogen-bond acceptors (Lipinski definition) is 4. The van der Waals surface area contributed by atoms with Crippen LogP contribution in [0.4, 0.5) is 5.69 Å². The Labute approximate surface area is 160 Å². The van der Waals surface area contributed by atoms with E-state index >= 15 is 0 Å². The van der Waals surface area contributed by atoms with Crippen molar-refractivity contribution in [1.29, 1.82) is 0 Å². The number of aryl methyl sites for hydroxylation is 1. The van der Waals surface area contributed by atoms with E-state index in [4.69, 9.17) is 16.6 Å². The van der Waals surface area contributed by atoms with Crippen LogP contribution >= 0.6 is 11.6 Å². The first-order valence-electron chi connectivity index (χ1n) is 8.51. The van der Waals surface area contributed by atoms with Gasteiger partial charge in [0.25, 0.3) is 5.91 Å². The molecular weight excluding hydrogens is 362 g/mol. The lowest BCUT2D eigenvalue weighted by molar-refractivity contribution is 0.102. The van der Waals surface area contributed by atoms with Gasteiger partial charge in [-0.1, -0.05) is 41.9 Å². The maximum Gasteiger partial charge on any atom is 0.256 e. The molecule has 0 fully saturated rings. The number of rotatable bonds is 4. The number of benzene rings is 1. The molecule has 1 amide bonds. The SMILES string of the molecule is CCn1ncc2c(C(=O)Nc3cccnc3Cl)cc(-c3ccccc3)nc21. The third-order valence-electron chi connectivity index (χ3n) is 4.23. The van der Waals surface area contributed by atoms with E-state index < -0.39 is 0 Å². The molecule has 0 bridgehead atoms. The molecule has 0 unspecified atom stereocenters. The highest BCUT2D eigenvalue weighted by molar-refractivity contribution is 6.32. The first-order chi connectivity index (χ1) is 13.2. The largest absolute Gasteiger partial charge is 0.319 e. The van der Waals surface area contributed by atoms with Crippen LogP contribution in [0.25, 0.3) is 22.3 Å². The van der Waals surface area contributed by atoms with E-state index in [1.807, 2.05) is 37.3 Å². The summed E-state index contributed by atoms with van der Waals surface area (Å²) in [5.74, 6) is -0.287. The second kappa shape index (κ2) is 7.17. The molecule has 3 heterocycles. The number of nitrogens with one attached hydrogen (secondary N) is 1. The molecule has 0 saturated heterocycles. The van der Waals surface area contributed by atoms with Gasteiger partial charge in [0.1, 0.15) is 0 Å². The van der Waals surface area contributed by atoms with Gasteiger partial charge in [-0.05, 0) is 25.1 Å². The molecule has 0 aliphatic rings. The van der Waals surface area contributed by atoms with E-state index in [-0.39, 0.29) is 11.1 Å². The summed E-state index contributed by atoms with van der Waals surface area (Å²) in [6.07, 6.45) is 3.24. The van der Waals surface area contributed by atoms with Crippen LogP contribution < -0.4 is 5.32 Å². The van der Waals surface area contributed by atoms with Gasteiger partial charge in [-0.15, -0.1) is 0 Å². The Kier molecular flexibility index (Phi) is 4.56. The smallest absolute Gasteiger partial charge is 0.256 e.